The Morgan fingerprint density at radius 1 is 1.10 bits per heavy atom. The maximum absolute atomic E-state index is 12.1. The molecule has 0 bridgehead atoms. The molecule has 102 valence electrons. The third kappa shape index (κ3) is 2.67. The van der Waals surface area contributed by atoms with E-state index in [2.05, 4.69) is 17.4 Å². The summed E-state index contributed by atoms with van der Waals surface area (Å²) in [6.45, 7) is 0.378. The minimum Gasteiger partial charge on any atom is -0.508 e. The number of amides is 1. The highest BCUT2D eigenvalue weighted by Crippen LogP contribution is 2.47. The van der Waals surface area contributed by atoms with Gasteiger partial charge in [0.2, 0.25) is 5.91 Å². The van der Waals surface area contributed by atoms with Crippen molar-refractivity contribution in [3.63, 3.8) is 0 Å². The topological polar surface area (TPSA) is 49.3 Å². The summed E-state index contributed by atoms with van der Waals surface area (Å²) < 4.78 is 0. The summed E-state index contributed by atoms with van der Waals surface area (Å²) in [5.74, 6) is 0.717. The van der Waals surface area contributed by atoms with Crippen LogP contribution in [0, 0.1) is 5.92 Å². The van der Waals surface area contributed by atoms with Crippen LogP contribution in [0.4, 0.5) is 0 Å². The van der Waals surface area contributed by atoms with Crippen LogP contribution in [0.2, 0.25) is 0 Å². The fourth-order valence-corrected chi connectivity index (χ4v) is 2.53. The number of rotatable bonds is 4. The SMILES string of the molecule is O=C(NCc1ccccc1O)C1CC1c1ccccc1. The van der Waals surface area contributed by atoms with Gasteiger partial charge < -0.3 is 10.4 Å². The molecule has 2 aromatic carbocycles. The highest BCUT2D eigenvalue weighted by Gasteiger charge is 2.43. The van der Waals surface area contributed by atoms with Gasteiger partial charge in [-0.2, -0.15) is 0 Å². The molecule has 20 heavy (non-hydrogen) atoms. The number of carbonyl (C=O) groups excluding carboxylic acids is 1. The summed E-state index contributed by atoms with van der Waals surface area (Å²) in [5.41, 5.74) is 1.98. The lowest BCUT2D eigenvalue weighted by Gasteiger charge is -2.06. The first-order valence-corrected chi connectivity index (χ1v) is 6.85. The third-order valence-electron chi connectivity index (χ3n) is 3.80. The summed E-state index contributed by atoms with van der Waals surface area (Å²) in [4.78, 5) is 12.1. The van der Waals surface area contributed by atoms with E-state index in [1.54, 1.807) is 12.1 Å². The molecule has 1 fully saturated rings. The monoisotopic (exact) mass is 267 g/mol. The fourth-order valence-electron chi connectivity index (χ4n) is 2.53. The van der Waals surface area contributed by atoms with Crippen molar-refractivity contribution in [3.05, 3.63) is 65.7 Å². The second-order valence-electron chi connectivity index (χ2n) is 5.21. The first-order chi connectivity index (χ1) is 9.75. The van der Waals surface area contributed by atoms with E-state index in [-0.39, 0.29) is 17.6 Å². The number of hydrogen-bond donors (Lipinski definition) is 2. The van der Waals surface area contributed by atoms with Gasteiger partial charge in [-0.25, -0.2) is 0 Å². The molecule has 0 aliphatic heterocycles. The van der Waals surface area contributed by atoms with Crippen molar-refractivity contribution in [3.8, 4) is 5.75 Å². The van der Waals surface area contributed by atoms with Crippen LogP contribution in [0.3, 0.4) is 0 Å². The molecule has 0 heterocycles. The molecule has 2 atom stereocenters. The number of benzene rings is 2. The van der Waals surface area contributed by atoms with Gasteiger partial charge in [0.1, 0.15) is 5.75 Å². The molecule has 3 heteroatoms. The van der Waals surface area contributed by atoms with Gasteiger partial charge in [0, 0.05) is 18.0 Å². The Bertz CT molecular complexity index is 609. The molecule has 3 nitrogen and oxygen atoms in total. The number of hydrogen-bond acceptors (Lipinski definition) is 2. The maximum Gasteiger partial charge on any atom is 0.224 e. The quantitative estimate of drug-likeness (QED) is 0.895. The van der Waals surface area contributed by atoms with Gasteiger partial charge in [0.15, 0.2) is 0 Å². The Kier molecular flexibility index (Phi) is 3.42. The van der Waals surface area contributed by atoms with Gasteiger partial charge in [0.05, 0.1) is 0 Å². The molecule has 1 saturated carbocycles. The van der Waals surface area contributed by atoms with Gasteiger partial charge in [-0.05, 0) is 24.0 Å². The van der Waals surface area contributed by atoms with Crippen LogP contribution in [0.25, 0.3) is 0 Å². The van der Waals surface area contributed by atoms with Crippen LogP contribution in [0.5, 0.6) is 5.75 Å². The van der Waals surface area contributed by atoms with Crippen LogP contribution >= 0.6 is 0 Å². The summed E-state index contributed by atoms with van der Waals surface area (Å²) in [6, 6.07) is 17.2. The van der Waals surface area contributed by atoms with Crippen molar-refractivity contribution in [2.24, 2.45) is 5.92 Å². The number of nitrogens with one attached hydrogen (secondary N) is 1. The number of para-hydroxylation sites is 1. The Morgan fingerprint density at radius 3 is 2.55 bits per heavy atom. The van der Waals surface area contributed by atoms with Crippen LogP contribution in [-0.2, 0) is 11.3 Å². The summed E-state index contributed by atoms with van der Waals surface area (Å²) in [6.07, 6.45) is 0.913. The standard InChI is InChI=1S/C17H17NO2/c19-16-9-5-4-8-13(16)11-18-17(20)15-10-14(15)12-6-2-1-3-7-12/h1-9,14-15,19H,10-11H2,(H,18,20). The number of phenolic OH excluding ortho intramolecular Hbond substituents is 1. The first kappa shape index (κ1) is 12.7. The van der Waals surface area contributed by atoms with Gasteiger partial charge in [-0.3, -0.25) is 4.79 Å². The minimum absolute atomic E-state index is 0.0714. The van der Waals surface area contributed by atoms with Crippen molar-refractivity contribution in [1.29, 1.82) is 0 Å². The van der Waals surface area contributed by atoms with Gasteiger partial charge >= 0.3 is 0 Å². The van der Waals surface area contributed by atoms with E-state index in [9.17, 15) is 9.90 Å². The van der Waals surface area contributed by atoms with E-state index in [0.717, 1.165) is 12.0 Å². The van der Waals surface area contributed by atoms with E-state index in [4.69, 9.17) is 0 Å². The number of phenols is 1. The summed E-state index contributed by atoms with van der Waals surface area (Å²) in [7, 11) is 0. The van der Waals surface area contributed by atoms with Crippen LogP contribution in [0.1, 0.15) is 23.5 Å². The maximum atomic E-state index is 12.1. The predicted molar refractivity (Wildman–Crippen MR) is 77.2 cm³/mol. The largest absolute Gasteiger partial charge is 0.508 e. The molecule has 0 spiro atoms. The zero-order valence-corrected chi connectivity index (χ0v) is 11.1. The van der Waals surface area contributed by atoms with Crippen molar-refractivity contribution in [2.75, 3.05) is 0 Å². The molecule has 3 rings (SSSR count). The lowest BCUT2D eigenvalue weighted by atomic mass is 10.1. The van der Waals surface area contributed by atoms with Crippen LogP contribution < -0.4 is 5.32 Å². The predicted octanol–water partition coefficient (Wildman–Crippen LogP) is 2.81. The highest BCUT2D eigenvalue weighted by atomic mass is 16.3. The fraction of sp³-hybridized carbons (Fsp3) is 0.235. The molecule has 1 amide bonds. The minimum atomic E-state index is 0.0714. The Morgan fingerprint density at radius 2 is 1.80 bits per heavy atom. The van der Waals surface area contributed by atoms with Gasteiger partial charge in [0.25, 0.3) is 0 Å². The molecule has 0 saturated heterocycles. The van der Waals surface area contributed by atoms with Crippen LogP contribution in [0.15, 0.2) is 54.6 Å². The molecule has 1 aliphatic rings. The van der Waals surface area contributed by atoms with E-state index < -0.39 is 0 Å². The average Bonchev–Trinajstić information content (AvgIpc) is 3.28. The van der Waals surface area contributed by atoms with Crippen molar-refractivity contribution in [2.45, 2.75) is 18.9 Å². The molecule has 2 aromatic rings. The van der Waals surface area contributed by atoms with E-state index in [1.165, 1.54) is 5.56 Å². The second-order valence-corrected chi connectivity index (χ2v) is 5.21. The zero-order valence-electron chi connectivity index (χ0n) is 11.1. The molecule has 1 aliphatic carbocycles. The van der Waals surface area contributed by atoms with E-state index >= 15 is 0 Å². The Balaban J connectivity index is 1.56. The molecular weight excluding hydrogens is 250 g/mol. The Labute approximate surface area is 118 Å². The molecule has 2 unspecified atom stereocenters. The number of aromatic hydroxyl groups is 1. The molecule has 0 aromatic heterocycles. The first-order valence-electron chi connectivity index (χ1n) is 6.85. The lowest BCUT2D eigenvalue weighted by molar-refractivity contribution is -0.122. The smallest absolute Gasteiger partial charge is 0.224 e. The van der Waals surface area contributed by atoms with Gasteiger partial charge in [-0.1, -0.05) is 48.5 Å². The zero-order chi connectivity index (χ0) is 13.9. The normalized spacial score (nSPS) is 20.4. The number of carbonyl (C=O) groups is 1. The van der Waals surface area contributed by atoms with Crippen LogP contribution in [-0.4, -0.2) is 11.0 Å². The molecule has 0 radical (unpaired) electrons. The Hall–Kier alpha value is -2.29. The molecular formula is C17H17NO2. The average molecular weight is 267 g/mol. The highest BCUT2D eigenvalue weighted by molar-refractivity contribution is 5.82. The van der Waals surface area contributed by atoms with E-state index in [1.807, 2.05) is 30.3 Å². The summed E-state index contributed by atoms with van der Waals surface area (Å²) in [5, 5.41) is 12.6. The van der Waals surface area contributed by atoms with E-state index in [0.29, 0.717) is 12.5 Å². The second kappa shape index (κ2) is 5.37. The molecule has 2 N–H and O–H groups in total. The van der Waals surface area contributed by atoms with Crippen molar-refractivity contribution >= 4 is 5.91 Å². The van der Waals surface area contributed by atoms with Crippen molar-refractivity contribution < 1.29 is 9.90 Å². The lowest BCUT2D eigenvalue weighted by Crippen LogP contribution is -2.24. The van der Waals surface area contributed by atoms with Gasteiger partial charge in [-0.15, -0.1) is 0 Å². The summed E-state index contributed by atoms with van der Waals surface area (Å²) >= 11 is 0. The van der Waals surface area contributed by atoms with Crippen molar-refractivity contribution in [1.82, 2.24) is 5.32 Å². The third-order valence-corrected chi connectivity index (χ3v) is 3.80.